The molecule has 2 rings (SSSR count). The Bertz CT molecular complexity index is 789. The Morgan fingerprint density at radius 1 is 1.40 bits per heavy atom. The first-order chi connectivity index (χ1) is 12.0. The number of carbonyl (C=O) groups is 2. The minimum atomic E-state index is -0.232. The summed E-state index contributed by atoms with van der Waals surface area (Å²) in [6.07, 6.45) is 10.0. The average Bonchev–Trinajstić information content (AvgIpc) is 3.04. The molecule has 0 spiro atoms. The van der Waals surface area contributed by atoms with Crippen molar-refractivity contribution in [1.82, 2.24) is 14.9 Å². The molecule has 0 aliphatic heterocycles. The van der Waals surface area contributed by atoms with Crippen molar-refractivity contribution in [1.29, 1.82) is 0 Å². The highest BCUT2D eigenvalue weighted by Gasteiger charge is 2.18. The predicted molar refractivity (Wildman–Crippen MR) is 97.0 cm³/mol. The van der Waals surface area contributed by atoms with Crippen molar-refractivity contribution in [3.63, 3.8) is 0 Å². The molecule has 6 nitrogen and oxygen atoms in total. The molecule has 2 amide bonds. The van der Waals surface area contributed by atoms with Gasteiger partial charge in [-0.05, 0) is 31.5 Å². The molecule has 25 heavy (non-hydrogen) atoms. The zero-order chi connectivity index (χ0) is 18.2. The summed E-state index contributed by atoms with van der Waals surface area (Å²) in [5, 5.41) is 2.55. The Balaban J connectivity index is 2.08. The van der Waals surface area contributed by atoms with E-state index >= 15 is 0 Å². The number of aromatic nitrogens is 2. The van der Waals surface area contributed by atoms with Gasteiger partial charge >= 0.3 is 0 Å². The number of nitrogens with zero attached hydrogens (tertiary/aromatic N) is 3. The Hall–Kier alpha value is -3.07. The summed E-state index contributed by atoms with van der Waals surface area (Å²) in [7, 11) is 1.55. The van der Waals surface area contributed by atoms with E-state index in [2.05, 4.69) is 16.2 Å². The monoisotopic (exact) mass is 338 g/mol. The topological polar surface area (TPSA) is 67.2 Å². The fourth-order valence-corrected chi connectivity index (χ4v) is 2.49. The number of terminal acetylenes is 1. The fourth-order valence-electron chi connectivity index (χ4n) is 2.49. The van der Waals surface area contributed by atoms with E-state index in [1.54, 1.807) is 37.5 Å². The van der Waals surface area contributed by atoms with E-state index in [0.717, 1.165) is 5.82 Å². The van der Waals surface area contributed by atoms with Crippen LogP contribution in [0, 0.1) is 19.3 Å². The number of rotatable bonds is 7. The first kappa shape index (κ1) is 18.3. The van der Waals surface area contributed by atoms with Crippen molar-refractivity contribution in [2.45, 2.75) is 26.3 Å². The van der Waals surface area contributed by atoms with E-state index in [-0.39, 0.29) is 18.4 Å². The molecule has 0 atom stereocenters. The number of hydrogen-bond donors (Lipinski definition) is 1. The number of aryl methyl sites for hydroxylation is 2. The molecule has 0 saturated carbocycles. The first-order valence-electron chi connectivity index (χ1n) is 8.10. The van der Waals surface area contributed by atoms with Gasteiger partial charge in [-0.3, -0.25) is 9.59 Å². The van der Waals surface area contributed by atoms with Gasteiger partial charge in [0.2, 0.25) is 11.8 Å². The Labute approximate surface area is 147 Å². The van der Waals surface area contributed by atoms with Gasteiger partial charge in [0.15, 0.2) is 0 Å². The second-order valence-electron chi connectivity index (χ2n) is 5.62. The maximum Gasteiger partial charge on any atom is 0.239 e. The smallest absolute Gasteiger partial charge is 0.239 e. The van der Waals surface area contributed by atoms with Gasteiger partial charge in [0.05, 0.1) is 0 Å². The number of likely N-dealkylation sites (N-methyl/N-ethyl adjacent to an activating group) is 1. The molecule has 1 aromatic carbocycles. The average molecular weight is 338 g/mol. The quantitative estimate of drug-likeness (QED) is 0.782. The number of amides is 2. The lowest BCUT2D eigenvalue weighted by atomic mass is 10.1. The lowest BCUT2D eigenvalue weighted by molar-refractivity contribution is -0.123. The third-order valence-corrected chi connectivity index (χ3v) is 3.92. The Kier molecular flexibility index (Phi) is 6.35. The summed E-state index contributed by atoms with van der Waals surface area (Å²) in [5.74, 6) is 3.11. The maximum atomic E-state index is 12.7. The van der Waals surface area contributed by atoms with Crippen molar-refractivity contribution in [2.24, 2.45) is 0 Å². The van der Waals surface area contributed by atoms with E-state index < -0.39 is 0 Å². The van der Waals surface area contributed by atoms with Crippen LogP contribution in [0.3, 0.4) is 0 Å². The summed E-state index contributed by atoms with van der Waals surface area (Å²) in [6.45, 7) is 2.59. The molecule has 0 unspecified atom stereocenters. The molecule has 0 aliphatic rings. The molecule has 130 valence electrons. The Morgan fingerprint density at radius 3 is 2.84 bits per heavy atom. The van der Waals surface area contributed by atoms with Gasteiger partial charge in [-0.2, -0.15) is 0 Å². The number of hydrogen-bond acceptors (Lipinski definition) is 3. The molecule has 1 aromatic heterocycles. The molecule has 0 aliphatic carbocycles. The Morgan fingerprint density at radius 2 is 2.20 bits per heavy atom. The van der Waals surface area contributed by atoms with E-state index in [1.807, 2.05) is 17.7 Å². The molecular weight excluding hydrogens is 316 g/mol. The third-order valence-electron chi connectivity index (χ3n) is 3.92. The van der Waals surface area contributed by atoms with Gasteiger partial charge in [-0.1, -0.05) is 12.0 Å². The molecule has 6 heteroatoms. The van der Waals surface area contributed by atoms with E-state index in [4.69, 9.17) is 6.42 Å². The second-order valence-corrected chi connectivity index (χ2v) is 5.62. The number of benzene rings is 1. The highest BCUT2D eigenvalue weighted by Crippen LogP contribution is 2.17. The summed E-state index contributed by atoms with van der Waals surface area (Å²) < 4.78 is 2.00. The number of nitrogens with one attached hydrogen (secondary N) is 1. The summed E-state index contributed by atoms with van der Waals surface area (Å²) in [6, 6.07) is 7.08. The molecule has 0 saturated heterocycles. The zero-order valence-corrected chi connectivity index (χ0v) is 14.5. The van der Waals surface area contributed by atoms with Gasteiger partial charge in [0.1, 0.15) is 12.4 Å². The standard InChI is InChI=1S/C19H22N4O2/c1-4-16-7-5-8-17(13-16)23(14-18(24)20-3)19(25)9-6-11-22-12-10-21-15(22)2/h1,5,7-8,10,12-13H,6,9,11,14H2,2-3H3,(H,20,24). The third kappa shape index (κ3) is 4.95. The van der Waals surface area contributed by atoms with Crippen molar-refractivity contribution in [3.8, 4) is 12.3 Å². The van der Waals surface area contributed by atoms with Crippen LogP contribution in [0.15, 0.2) is 36.7 Å². The van der Waals surface area contributed by atoms with Crippen molar-refractivity contribution < 1.29 is 9.59 Å². The highest BCUT2D eigenvalue weighted by molar-refractivity contribution is 5.98. The van der Waals surface area contributed by atoms with Crippen molar-refractivity contribution >= 4 is 17.5 Å². The van der Waals surface area contributed by atoms with Crippen molar-refractivity contribution in [3.05, 3.63) is 48.0 Å². The van der Waals surface area contributed by atoms with E-state index in [9.17, 15) is 9.59 Å². The largest absolute Gasteiger partial charge is 0.358 e. The van der Waals surface area contributed by atoms with Crippen LogP contribution in [0.5, 0.6) is 0 Å². The van der Waals surface area contributed by atoms with Crippen LogP contribution in [0.1, 0.15) is 24.2 Å². The lowest BCUT2D eigenvalue weighted by Gasteiger charge is -2.22. The molecule has 1 heterocycles. The van der Waals surface area contributed by atoms with Gasteiger partial charge in [0, 0.05) is 43.7 Å². The molecule has 2 aromatic rings. The van der Waals surface area contributed by atoms with Crippen LogP contribution >= 0.6 is 0 Å². The van der Waals surface area contributed by atoms with Crippen LogP contribution in [0.2, 0.25) is 0 Å². The van der Waals surface area contributed by atoms with Gasteiger partial charge in [-0.15, -0.1) is 6.42 Å². The number of carbonyl (C=O) groups excluding carboxylic acids is 2. The number of anilines is 1. The van der Waals surface area contributed by atoms with Crippen LogP contribution in [0.25, 0.3) is 0 Å². The lowest BCUT2D eigenvalue weighted by Crippen LogP contribution is -2.39. The predicted octanol–water partition coefficient (Wildman–Crippen LogP) is 1.73. The van der Waals surface area contributed by atoms with E-state index in [1.165, 1.54) is 4.90 Å². The second kappa shape index (κ2) is 8.69. The molecule has 1 N–H and O–H groups in total. The highest BCUT2D eigenvalue weighted by atomic mass is 16.2. The number of imidazole rings is 1. The van der Waals surface area contributed by atoms with Crippen LogP contribution in [-0.4, -0.2) is 35.0 Å². The molecule has 0 bridgehead atoms. The molecule has 0 radical (unpaired) electrons. The summed E-state index contributed by atoms with van der Waals surface area (Å²) in [5.41, 5.74) is 1.30. The minimum absolute atomic E-state index is 0.0343. The van der Waals surface area contributed by atoms with Gasteiger partial charge in [-0.25, -0.2) is 4.98 Å². The minimum Gasteiger partial charge on any atom is -0.358 e. The van der Waals surface area contributed by atoms with Crippen molar-refractivity contribution in [2.75, 3.05) is 18.5 Å². The van der Waals surface area contributed by atoms with Gasteiger partial charge < -0.3 is 14.8 Å². The maximum absolute atomic E-state index is 12.7. The van der Waals surface area contributed by atoms with Crippen LogP contribution in [0.4, 0.5) is 5.69 Å². The fraction of sp³-hybridized carbons (Fsp3) is 0.316. The first-order valence-corrected chi connectivity index (χ1v) is 8.10. The molecular formula is C19H22N4O2. The SMILES string of the molecule is C#Cc1cccc(N(CC(=O)NC)C(=O)CCCn2ccnc2C)c1. The zero-order valence-electron chi connectivity index (χ0n) is 14.5. The van der Waals surface area contributed by atoms with Crippen LogP contribution < -0.4 is 10.2 Å². The van der Waals surface area contributed by atoms with Gasteiger partial charge in [0.25, 0.3) is 0 Å². The normalized spacial score (nSPS) is 10.1. The van der Waals surface area contributed by atoms with E-state index in [0.29, 0.717) is 30.6 Å². The summed E-state index contributed by atoms with van der Waals surface area (Å²) in [4.78, 5) is 30.1. The molecule has 0 fully saturated rings. The van der Waals surface area contributed by atoms with Crippen LogP contribution in [-0.2, 0) is 16.1 Å². The summed E-state index contributed by atoms with van der Waals surface area (Å²) >= 11 is 0.